The molecule has 0 aliphatic carbocycles. The molecule has 0 aliphatic heterocycles. The fourth-order valence-corrected chi connectivity index (χ4v) is 5.46. The first-order valence-electron chi connectivity index (χ1n) is 13.6. The summed E-state index contributed by atoms with van der Waals surface area (Å²) in [7, 11) is 0. The van der Waals surface area contributed by atoms with Crippen LogP contribution in [0, 0.1) is 0 Å². The first-order valence-corrected chi connectivity index (χ1v) is 13.6. The molecule has 5 nitrogen and oxygen atoms in total. The van der Waals surface area contributed by atoms with E-state index < -0.39 is 11.4 Å². The molecule has 202 valence electrons. The zero-order valence-corrected chi connectivity index (χ0v) is 23.0. The van der Waals surface area contributed by atoms with Crippen molar-refractivity contribution in [3.63, 3.8) is 0 Å². The number of carbonyl (C=O) groups excluding carboxylic acids is 1. The first kappa shape index (κ1) is 26.1. The summed E-state index contributed by atoms with van der Waals surface area (Å²) in [5.41, 5.74) is 6.28. The minimum atomic E-state index is -0.977. The number of carboxylic acids is 1. The number of nitrogens with zero attached hydrogens (tertiary/aromatic N) is 1. The van der Waals surface area contributed by atoms with E-state index >= 15 is 0 Å². The van der Waals surface area contributed by atoms with Crippen molar-refractivity contribution in [3.8, 4) is 11.1 Å². The Balaban J connectivity index is 1.43. The summed E-state index contributed by atoms with van der Waals surface area (Å²) in [6.07, 6.45) is 0. The second-order valence-electron chi connectivity index (χ2n) is 10.8. The number of carboxylic acid groups (broad SMARTS) is 1. The Kier molecular flexibility index (Phi) is 6.64. The van der Waals surface area contributed by atoms with E-state index in [0.717, 1.165) is 33.5 Å². The van der Waals surface area contributed by atoms with Gasteiger partial charge in [0.15, 0.2) is 0 Å². The number of carbonyl (C=O) groups is 2. The molecule has 6 aromatic rings. The molecule has 0 aliphatic rings. The van der Waals surface area contributed by atoms with E-state index in [4.69, 9.17) is 0 Å². The molecule has 41 heavy (non-hydrogen) atoms. The van der Waals surface area contributed by atoms with Crippen LogP contribution in [0.25, 0.3) is 27.4 Å². The van der Waals surface area contributed by atoms with E-state index in [1.54, 1.807) is 24.3 Å². The van der Waals surface area contributed by atoms with Crippen molar-refractivity contribution in [1.29, 1.82) is 0 Å². The van der Waals surface area contributed by atoms with Gasteiger partial charge in [0, 0.05) is 23.2 Å². The van der Waals surface area contributed by atoms with Gasteiger partial charge in [-0.2, -0.15) is 0 Å². The largest absolute Gasteiger partial charge is 0.478 e. The first-order chi connectivity index (χ1) is 19.8. The third-order valence-corrected chi connectivity index (χ3v) is 7.85. The van der Waals surface area contributed by atoms with E-state index in [-0.39, 0.29) is 18.0 Å². The highest BCUT2D eigenvalue weighted by molar-refractivity contribution is 5.95. The van der Waals surface area contributed by atoms with Crippen molar-refractivity contribution < 1.29 is 14.7 Å². The molecule has 0 radical (unpaired) electrons. The van der Waals surface area contributed by atoms with Gasteiger partial charge in [-0.25, -0.2) is 4.79 Å². The number of nitrogens with one attached hydrogen (secondary N) is 1. The molecule has 6 rings (SSSR count). The molecule has 2 heterocycles. The van der Waals surface area contributed by atoms with Crippen LogP contribution in [0.15, 0.2) is 121 Å². The van der Waals surface area contributed by atoms with Gasteiger partial charge in [-0.05, 0) is 69.4 Å². The Morgan fingerprint density at radius 2 is 1.44 bits per heavy atom. The van der Waals surface area contributed by atoms with Gasteiger partial charge < -0.3 is 14.8 Å². The molecule has 0 saturated heterocycles. The third kappa shape index (κ3) is 4.98. The van der Waals surface area contributed by atoms with Crippen molar-refractivity contribution >= 4 is 28.2 Å². The van der Waals surface area contributed by atoms with Gasteiger partial charge in [0.2, 0.25) is 0 Å². The van der Waals surface area contributed by atoms with Gasteiger partial charge in [0.25, 0.3) is 5.91 Å². The summed E-state index contributed by atoms with van der Waals surface area (Å²) < 4.78 is 2.06. The Morgan fingerprint density at radius 3 is 2.17 bits per heavy atom. The van der Waals surface area contributed by atoms with Gasteiger partial charge in [-0.15, -0.1) is 0 Å². The monoisotopic (exact) mass is 538 g/mol. The molecule has 0 atom stereocenters. The number of pyridine rings is 1. The highest BCUT2D eigenvalue weighted by atomic mass is 16.4. The summed E-state index contributed by atoms with van der Waals surface area (Å²) in [6, 6.07) is 39.7. The maximum absolute atomic E-state index is 13.9. The molecule has 2 N–H and O–H groups in total. The molecule has 0 unspecified atom stereocenters. The number of fused-ring (bicyclic) bond motifs is 2. The Morgan fingerprint density at radius 1 is 0.732 bits per heavy atom. The summed E-state index contributed by atoms with van der Waals surface area (Å²) in [6.45, 7) is 4.66. The summed E-state index contributed by atoms with van der Waals surface area (Å²) in [5, 5.41) is 14.6. The second-order valence-corrected chi connectivity index (χ2v) is 10.8. The highest BCUT2D eigenvalue weighted by Gasteiger charge is 2.28. The normalized spacial score (nSPS) is 11.6. The lowest BCUT2D eigenvalue weighted by atomic mass is 9.80. The molecule has 0 saturated carbocycles. The lowest BCUT2D eigenvalue weighted by Gasteiger charge is -2.27. The summed E-state index contributed by atoms with van der Waals surface area (Å²) >= 11 is 0. The van der Waals surface area contributed by atoms with E-state index in [1.165, 1.54) is 10.8 Å². The lowest BCUT2D eigenvalue weighted by molar-refractivity contribution is 0.0696. The molecule has 5 heteroatoms. The van der Waals surface area contributed by atoms with Gasteiger partial charge in [0.1, 0.15) is 5.69 Å². The predicted molar refractivity (Wildman–Crippen MR) is 163 cm³/mol. The van der Waals surface area contributed by atoms with Crippen LogP contribution in [-0.2, 0) is 12.0 Å². The summed E-state index contributed by atoms with van der Waals surface area (Å²) in [5.74, 6) is -1.18. The van der Waals surface area contributed by atoms with Crippen molar-refractivity contribution in [1.82, 2.24) is 9.72 Å². The minimum Gasteiger partial charge on any atom is -0.478 e. The number of hydrogen-bond acceptors (Lipinski definition) is 2. The van der Waals surface area contributed by atoms with Crippen LogP contribution >= 0.6 is 0 Å². The molecular formula is C36H30N2O3. The van der Waals surface area contributed by atoms with Crippen molar-refractivity contribution in [3.05, 3.63) is 149 Å². The average Bonchev–Trinajstić information content (AvgIpc) is 3.45. The Hall–Kier alpha value is -5.16. The third-order valence-electron chi connectivity index (χ3n) is 7.85. The van der Waals surface area contributed by atoms with E-state index in [0.29, 0.717) is 5.69 Å². The number of amides is 1. The Bertz CT molecular complexity index is 1900. The number of benzene rings is 4. The van der Waals surface area contributed by atoms with Crippen molar-refractivity contribution in [2.45, 2.75) is 25.8 Å². The second kappa shape index (κ2) is 10.4. The Labute approximate surface area is 238 Å². The van der Waals surface area contributed by atoms with E-state index in [1.807, 2.05) is 42.5 Å². The average molecular weight is 539 g/mol. The number of hydrogen-bond donors (Lipinski definition) is 2. The van der Waals surface area contributed by atoms with Crippen LogP contribution in [-0.4, -0.2) is 21.4 Å². The van der Waals surface area contributed by atoms with E-state index in [9.17, 15) is 14.7 Å². The van der Waals surface area contributed by atoms with Gasteiger partial charge in [-0.1, -0.05) is 98.8 Å². The van der Waals surface area contributed by atoms with Crippen molar-refractivity contribution in [2.24, 2.45) is 0 Å². The van der Waals surface area contributed by atoms with Crippen LogP contribution < -0.4 is 5.32 Å². The lowest BCUT2D eigenvalue weighted by Crippen LogP contribution is -2.28. The van der Waals surface area contributed by atoms with E-state index in [2.05, 4.69) is 78.2 Å². The van der Waals surface area contributed by atoms with Gasteiger partial charge >= 0.3 is 5.97 Å². The summed E-state index contributed by atoms with van der Waals surface area (Å²) in [4.78, 5) is 25.1. The molecule has 2 aromatic heterocycles. The fraction of sp³-hybridized carbons (Fsp3) is 0.111. The fourth-order valence-electron chi connectivity index (χ4n) is 5.46. The van der Waals surface area contributed by atoms with Gasteiger partial charge in [0.05, 0.1) is 5.56 Å². The quantitative estimate of drug-likeness (QED) is 0.219. The van der Waals surface area contributed by atoms with Crippen LogP contribution in [0.3, 0.4) is 0 Å². The molecule has 1 amide bonds. The van der Waals surface area contributed by atoms with Crippen LogP contribution in [0.1, 0.15) is 51.5 Å². The number of aromatic carboxylic acids is 1. The smallest absolute Gasteiger partial charge is 0.335 e. The molecule has 0 bridgehead atoms. The molecule has 0 spiro atoms. The van der Waals surface area contributed by atoms with Crippen LogP contribution in [0.5, 0.6) is 0 Å². The zero-order valence-electron chi connectivity index (χ0n) is 23.0. The van der Waals surface area contributed by atoms with Crippen molar-refractivity contribution in [2.75, 3.05) is 0 Å². The topological polar surface area (TPSA) is 70.8 Å². The van der Waals surface area contributed by atoms with Crippen LogP contribution in [0.4, 0.5) is 0 Å². The SMILES string of the molecule is CC(C)(c1ccc2ccccc2c1)c1ccc2cc(-c3ccccc3)cc(C(=O)NCc3ccc(C(=O)O)cc3)n12. The highest BCUT2D eigenvalue weighted by Crippen LogP contribution is 2.36. The molecule has 0 fully saturated rings. The maximum Gasteiger partial charge on any atom is 0.335 e. The standard InChI is InChI=1S/C36H30N2O3/c1-36(2,30-17-16-26-10-6-7-11-28(26)20-30)33-19-18-31-21-29(25-8-4-3-5-9-25)22-32(38(31)33)34(39)37-23-24-12-14-27(15-13-24)35(40)41/h3-22H,23H2,1-2H3,(H,37,39)(H,40,41). The molecule has 4 aromatic carbocycles. The zero-order chi connectivity index (χ0) is 28.6. The minimum absolute atomic E-state index is 0.207. The van der Waals surface area contributed by atoms with Gasteiger partial charge in [-0.3, -0.25) is 4.79 Å². The maximum atomic E-state index is 13.9. The van der Waals surface area contributed by atoms with Crippen LogP contribution in [0.2, 0.25) is 0 Å². The number of aromatic nitrogens is 1. The predicted octanol–water partition coefficient (Wildman–Crippen LogP) is 7.71. The molecular weight excluding hydrogens is 508 g/mol. The number of rotatable bonds is 7.